The number of nitrogens with zero attached hydrogens (tertiary/aromatic N) is 2. The normalized spacial score (nSPS) is 10.3. The molecule has 1 aromatic carbocycles. The van der Waals surface area contributed by atoms with Crippen molar-refractivity contribution in [2.45, 2.75) is 6.92 Å². The van der Waals surface area contributed by atoms with E-state index in [0.29, 0.717) is 5.28 Å². The van der Waals surface area contributed by atoms with Gasteiger partial charge in [0.1, 0.15) is 5.01 Å². The van der Waals surface area contributed by atoms with E-state index < -0.39 is 0 Å². The number of rotatable bonds is 1. The molecule has 0 saturated heterocycles. The highest BCUT2D eigenvalue weighted by Gasteiger charge is 2.03. The Labute approximate surface area is 85.4 Å². The Bertz CT molecular complexity index is 408. The molecule has 0 N–H and O–H groups in total. The van der Waals surface area contributed by atoms with Gasteiger partial charge in [0.25, 0.3) is 0 Å². The zero-order chi connectivity index (χ0) is 9.26. The second-order valence-corrected chi connectivity index (χ2v) is 3.82. The maximum Gasteiger partial charge on any atom is 0.234 e. The third kappa shape index (κ3) is 1.87. The Hall–Kier alpha value is -0.930. The first kappa shape index (κ1) is 8.66. The molecule has 0 saturated carbocycles. The highest BCUT2D eigenvalue weighted by atomic mass is 35.5. The van der Waals surface area contributed by atoms with Crippen molar-refractivity contribution < 1.29 is 0 Å². The van der Waals surface area contributed by atoms with Crippen molar-refractivity contribution in [3.05, 3.63) is 35.1 Å². The summed E-state index contributed by atoms with van der Waals surface area (Å²) in [5.41, 5.74) is 2.30. The zero-order valence-electron chi connectivity index (χ0n) is 6.99. The topological polar surface area (TPSA) is 25.8 Å². The van der Waals surface area contributed by atoms with Crippen LogP contribution in [0.15, 0.2) is 24.3 Å². The smallest absolute Gasteiger partial charge is 0.205 e. The van der Waals surface area contributed by atoms with Crippen molar-refractivity contribution in [3.8, 4) is 10.6 Å². The Balaban J connectivity index is 2.41. The first-order valence-electron chi connectivity index (χ1n) is 3.82. The number of hydrogen-bond donors (Lipinski definition) is 0. The van der Waals surface area contributed by atoms with Crippen LogP contribution in [-0.2, 0) is 0 Å². The molecular formula is C9H7ClN2S. The van der Waals surface area contributed by atoms with Crippen molar-refractivity contribution in [2.24, 2.45) is 0 Å². The van der Waals surface area contributed by atoms with Crippen LogP contribution in [0.5, 0.6) is 0 Å². The van der Waals surface area contributed by atoms with Gasteiger partial charge in [0.15, 0.2) is 0 Å². The predicted molar refractivity (Wildman–Crippen MR) is 55.1 cm³/mol. The first-order chi connectivity index (χ1) is 6.25. The Morgan fingerprint density at radius 3 is 2.46 bits per heavy atom. The van der Waals surface area contributed by atoms with Crippen LogP contribution in [0.3, 0.4) is 0 Å². The molecule has 2 rings (SSSR count). The minimum Gasteiger partial charge on any atom is -0.205 e. The molecule has 2 nitrogen and oxygen atoms in total. The fraction of sp³-hybridized carbons (Fsp3) is 0.111. The van der Waals surface area contributed by atoms with Crippen molar-refractivity contribution in [1.29, 1.82) is 0 Å². The van der Waals surface area contributed by atoms with E-state index in [1.165, 1.54) is 17.1 Å². The highest BCUT2D eigenvalue weighted by molar-refractivity contribution is 7.09. The minimum absolute atomic E-state index is 0.320. The van der Waals surface area contributed by atoms with Crippen LogP contribution in [0.25, 0.3) is 10.6 Å². The third-order valence-corrected chi connectivity index (χ3v) is 2.73. The van der Waals surface area contributed by atoms with E-state index in [2.05, 4.69) is 16.3 Å². The van der Waals surface area contributed by atoms with E-state index in [1.54, 1.807) is 0 Å². The van der Waals surface area contributed by atoms with Crippen LogP contribution in [0.2, 0.25) is 5.28 Å². The zero-order valence-corrected chi connectivity index (χ0v) is 8.56. The van der Waals surface area contributed by atoms with E-state index in [-0.39, 0.29) is 0 Å². The summed E-state index contributed by atoms with van der Waals surface area (Å²) < 4.78 is 3.91. The van der Waals surface area contributed by atoms with Gasteiger partial charge >= 0.3 is 0 Å². The van der Waals surface area contributed by atoms with E-state index >= 15 is 0 Å². The molecule has 0 unspecified atom stereocenters. The lowest BCUT2D eigenvalue weighted by Gasteiger charge is -1.94. The number of benzene rings is 1. The molecular weight excluding hydrogens is 204 g/mol. The lowest BCUT2D eigenvalue weighted by atomic mass is 10.2. The molecule has 0 radical (unpaired) electrons. The van der Waals surface area contributed by atoms with Gasteiger partial charge in [-0.25, -0.2) is 4.98 Å². The average molecular weight is 211 g/mol. The highest BCUT2D eigenvalue weighted by Crippen LogP contribution is 2.22. The minimum atomic E-state index is 0.320. The number of hydrogen-bond acceptors (Lipinski definition) is 3. The number of aryl methyl sites for hydroxylation is 1. The van der Waals surface area contributed by atoms with E-state index in [4.69, 9.17) is 11.6 Å². The molecule has 0 amide bonds. The molecule has 0 aliphatic rings. The predicted octanol–water partition coefficient (Wildman–Crippen LogP) is 3.17. The lowest BCUT2D eigenvalue weighted by molar-refractivity contribution is 1.33. The molecule has 0 bridgehead atoms. The summed E-state index contributed by atoms with van der Waals surface area (Å²) in [6.07, 6.45) is 0. The maximum absolute atomic E-state index is 5.63. The summed E-state index contributed by atoms with van der Waals surface area (Å²) in [5, 5.41) is 1.19. The fourth-order valence-corrected chi connectivity index (χ4v) is 1.83. The molecule has 1 heterocycles. The van der Waals surface area contributed by atoms with Gasteiger partial charge in [-0.15, -0.1) is 0 Å². The third-order valence-electron chi connectivity index (χ3n) is 1.70. The summed E-state index contributed by atoms with van der Waals surface area (Å²) in [7, 11) is 0. The summed E-state index contributed by atoms with van der Waals surface area (Å²) in [5.74, 6) is 0. The van der Waals surface area contributed by atoms with Gasteiger partial charge < -0.3 is 0 Å². The van der Waals surface area contributed by atoms with Gasteiger partial charge in [-0.3, -0.25) is 0 Å². The quantitative estimate of drug-likeness (QED) is 0.723. The average Bonchev–Trinajstić information content (AvgIpc) is 2.53. The van der Waals surface area contributed by atoms with Crippen LogP contribution in [0.4, 0.5) is 0 Å². The van der Waals surface area contributed by atoms with Crippen molar-refractivity contribution in [3.63, 3.8) is 0 Å². The summed E-state index contributed by atoms with van der Waals surface area (Å²) >= 11 is 6.95. The van der Waals surface area contributed by atoms with E-state index in [9.17, 15) is 0 Å². The van der Waals surface area contributed by atoms with Gasteiger partial charge in [-0.05, 0) is 30.1 Å². The van der Waals surface area contributed by atoms with Crippen LogP contribution in [0, 0.1) is 6.92 Å². The Kier molecular flexibility index (Phi) is 2.29. The number of halogens is 1. The Morgan fingerprint density at radius 1 is 1.23 bits per heavy atom. The molecule has 0 aliphatic carbocycles. The molecule has 0 atom stereocenters. The van der Waals surface area contributed by atoms with Crippen LogP contribution < -0.4 is 0 Å². The number of aromatic nitrogens is 2. The van der Waals surface area contributed by atoms with Crippen LogP contribution >= 0.6 is 23.1 Å². The molecule has 0 aliphatic heterocycles. The summed E-state index contributed by atoms with van der Waals surface area (Å²) in [4.78, 5) is 4.08. The molecule has 4 heteroatoms. The molecule has 66 valence electrons. The first-order valence-corrected chi connectivity index (χ1v) is 4.97. The van der Waals surface area contributed by atoms with E-state index in [0.717, 1.165) is 10.6 Å². The molecule has 0 spiro atoms. The standard InChI is InChI=1S/C9H7ClN2S/c1-6-2-4-7(5-3-6)8-11-9(10)12-13-8/h2-5H,1H3. The monoisotopic (exact) mass is 210 g/mol. The summed E-state index contributed by atoms with van der Waals surface area (Å²) in [6, 6.07) is 8.13. The maximum atomic E-state index is 5.63. The molecule has 2 aromatic rings. The SMILES string of the molecule is Cc1ccc(-c2nc(Cl)ns2)cc1. The van der Waals surface area contributed by atoms with Crippen molar-refractivity contribution in [2.75, 3.05) is 0 Å². The van der Waals surface area contributed by atoms with Gasteiger partial charge in [0.2, 0.25) is 5.28 Å². The van der Waals surface area contributed by atoms with Gasteiger partial charge in [-0.2, -0.15) is 4.37 Å². The van der Waals surface area contributed by atoms with Crippen molar-refractivity contribution in [1.82, 2.24) is 9.36 Å². The second kappa shape index (κ2) is 3.44. The van der Waals surface area contributed by atoms with Gasteiger partial charge in [-0.1, -0.05) is 29.8 Å². The molecule has 0 fully saturated rings. The largest absolute Gasteiger partial charge is 0.234 e. The second-order valence-electron chi connectivity index (χ2n) is 2.73. The molecule has 1 aromatic heterocycles. The van der Waals surface area contributed by atoms with Gasteiger partial charge in [0, 0.05) is 5.56 Å². The van der Waals surface area contributed by atoms with Crippen LogP contribution in [0.1, 0.15) is 5.56 Å². The molecule has 13 heavy (non-hydrogen) atoms. The summed E-state index contributed by atoms with van der Waals surface area (Å²) in [6.45, 7) is 2.05. The van der Waals surface area contributed by atoms with Crippen LogP contribution in [-0.4, -0.2) is 9.36 Å². The van der Waals surface area contributed by atoms with Gasteiger partial charge in [0.05, 0.1) is 0 Å². The van der Waals surface area contributed by atoms with E-state index in [1.807, 2.05) is 24.3 Å². The fourth-order valence-electron chi connectivity index (χ4n) is 1.02. The lowest BCUT2D eigenvalue weighted by Crippen LogP contribution is -1.76. The van der Waals surface area contributed by atoms with Crippen molar-refractivity contribution >= 4 is 23.1 Å². The Morgan fingerprint density at radius 2 is 1.92 bits per heavy atom.